The van der Waals surface area contributed by atoms with Crippen LogP contribution >= 0.6 is 11.8 Å². The molecule has 3 heteroatoms. The molecule has 1 heterocycles. The van der Waals surface area contributed by atoms with Crippen molar-refractivity contribution < 1.29 is 4.74 Å². The number of hydrogen-bond acceptors (Lipinski definition) is 3. The minimum absolute atomic E-state index is 0.105. The molecule has 0 spiro atoms. The molecule has 0 aliphatic carbocycles. The van der Waals surface area contributed by atoms with E-state index in [0.29, 0.717) is 12.1 Å². The molecule has 1 aliphatic rings. The molecule has 2 nitrogen and oxygen atoms in total. The van der Waals surface area contributed by atoms with Crippen LogP contribution in [0.3, 0.4) is 0 Å². The van der Waals surface area contributed by atoms with E-state index >= 15 is 0 Å². The topological polar surface area (TPSA) is 21.3 Å². The van der Waals surface area contributed by atoms with Crippen molar-refractivity contribution in [2.45, 2.75) is 64.1 Å². The highest BCUT2D eigenvalue weighted by molar-refractivity contribution is 7.98. The van der Waals surface area contributed by atoms with Crippen LogP contribution in [0.5, 0.6) is 0 Å². The van der Waals surface area contributed by atoms with Crippen molar-refractivity contribution in [2.24, 2.45) is 0 Å². The smallest absolute Gasteiger partial charge is 0.0666 e. The number of hydrogen-bond donors (Lipinski definition) is 1. The van der Waals surface area contributed by atoms with Crippen LogP contribution in [0.1, 0.15) is 46.5 Å². The number of ether oxygens (including phenoxy) is 1. The lowest BCUT2D eigenvalue weighted by molar-refractivity contribution is -0.0788. The fourth-order valence-electron chi connectivity index (χ4n) is 2.34. The van der Waals surface area contributed by atoms with E-state index in [2.05, 4.69) is 32.3 Å². The third-order valence-corrected chi connectivity index (χ3v) is 4.41. The van der Waals surface area contributed by atoms with Gasteiger partial charge in [0, 0.05) is 24.4 Å². The molecule has 16 heavy (non-hydrogen) atoms. The minimum Gasteiger partial charge on any atom is -0.375 e. The lowest BCUT2D eigenvalue weighted by atomic mass is 9.89. The lowest BCUT2D eigenvalue weighted by Crippen LogP contribution is -2.48. The van der Waals surface area contributed by atoms with Crippen LogP contribution in [-0.2, 0) is 4.74 Å². The maximum Gasteiger partial charge on any atom is 0.0666 e. The van der Waals surface area contributed by atoms with E-state index in [-0.39, 0.29) is 5.60 Å². The van der Waals surface area contributed by atoms with Crippen molar-refractivity contribution in [3.8, 4) is 0 Å². The molecule has 0 bridgehead atoms. The molecule has 1 aliphatic heterocycles. The largest absolute Gasteiger partial charge is 0.375 e. The molecule has 0 aromatic heterocycles. The summed E-state index contributed by atoms with van der Waals surface area (Å²) in [5.41, 5.74) is 0.105. The van der Waals surface area contributed by atoms with Crippen LogP contribution < -0.4 is 5.32 Å². The minimum atomic E-state index is 0.105. The van der Waals surface area contributed by atoms with Crippen molar-refractivity contribution in [1.29, 1.82) is 0 Å². The van der Waals surface area contributed by atoms with E-state index < -0.39 is 0 Å². The average molecular weight is 245 g/mol. The Labute approximate surface area is 105 Å². The van der Waals surface area contributed by atoms with Crippen molar-refractivity contribution >= 4 is 11.8 Å². The molecule has 1 rings (SSSR count). The summed E-state index contributed by atoms with van der Waals surface area (Å²) in [4.78, 5) is 0. The Kier molecular flexibility index (Phi) is 6.16. The Hall–Kier alpha value is 0.270. The van der Waals surface area contributed by atoms with Crippen LogP contribution in [0.4, 0.5) is 0 Å². The van der Waals surface area contributed by atoms with Gasteiger partial charge in [0.25, 0.3) is 0 Å². The van der Waals surface area contributed by atoms with Gasteiger partial charge in [-0.15, -0.1) is 0 Å². The van der Waals surface area contributed by atoms with E-state index in [1.54, 1.807) is 0 Å². The van der Waals surface area contributed by atoms with E-state index in [4.69, 9.17) is 4.74 Å². The first-order chi connectivity index (χ1) is 7.63. The first-order valence-corrected chi connectivity index (χ1v) is 7.92. The zero-order valence-electron chi connectivity index (χ0n) is 11.2. The monoisotopic (exact) mass is 245 g/mol. The average Bonchev–Trinajstić information content (AvgIpc) is 2.29. The van der Waals surface area contributed by atoms with Crippen molar-refractivity contribution in [2.75, 3.05) is 18.6 Å². The van der Waals surface area contributed by atoms with Crippen LogP contribution in [0, 0.1) is 0 Å². The molecule has 1 saturated heterocycles. The van der Waals surface area contributed by atoms with Crippen LogP contribution in [0.25, 0.3) is 0 Å². The van der Waals surface area contributed by atoms with Crippen LogP contribution in [0.2, 0.25) is 0 Å². The molecular formula is C13H27NOS. The quantitative estimate of drug-likeness (QED) is 0.777. The van der Waals surface area contributed by atoms with Gasteiger partial charge in [0.1, 0.15) is 0 Å². The summed E-state index contributed by atoms with van der Waals surface area (Å²) in [5.74, 6) is 1.22. The molecule has 3 atom stereocenters. The molecule has 3 unspecified atom stereocenters. The molecule has 0 aromatic rings. The maximum absolute atomic E-state index is 5.87. The van der Waals surface area contributed by atoms with Crippen molar-refractivity contribution in [1.82, 2.24) is 5.32 Å². The molecular weight excluding hydrogens is 218 g/mol. The second kappa shape index (κ2) is 6.87. The third-order valence-electron chi connectivity index (χ3n) is 3.67. The maximum atomic E-state index is 5.87. The second-order valence-electron chi connectivity index (χ2n) is 5.07. The van der Waals surface area contributed by atoms with Crippen molar-refractivity contribution in [3.05, 3.63) is 0 Å². The summed E-state index contributed by atoms with van der Waals surface area (Å²) >= 11 is 1.93. The van der Waals surface area contributed by atoms with Crippen LogP contribution in [-0.4, -0.2) is 36.3 Å². The Morgan fingerprint density at radius 3 is 2.81 bits per heavy atom. The van der Waals surface area contributed by atoms with Crippen molar-refractivity contribution in [3.63, 3.8) is 0 Å². The molecule has 0 saturated carbocycles. The second-order valence-corrected chi connectivity index (χ2v) is 5.98. The number of nitrogens with one attached hydrogen (secondary N) is 1. The number of thioether (sulfide) groups is 1. The summed E-state index contributed by atoms with van der Waals surface area (Å²) in [6, 6.07) is 1.31. The highest BCUT2D eigenvalue weighted by Gasteiger charge is 2.32. The Balaban J connectivity index is 2.41. The van der Waals surface area contributed by atoms with E-state index in [9.17, 15) is 0 Å². The highest BCUT2D eigenvalue weighted by Crippen LogP contribution is 2.28. The fourth-order valence-corrected chi connectivity index (χ4v) is 3.07. The third kappa shape index (κ3) is 4.27. The lowest BCUT2D eigenvalue weighted by Gasteiger charge is -2.39. The fraction of sp³-hybridized carbons (Fsp3) is 1.00. The summed E-state index contributed by atoms with van der Waals surface area (Å²) in [7, 11) is 0. The van der Waals surface area contributed by atoms with Gasteiger partial charge in [0.2, 0.25) is 0 Å². The van der Waals surface area contributed by atoms with E-state index in [1.807, 2.05) is 11.8 Å². The van der Waals surface area contributed by atoms with Gasteiger partial charge in [0.05, 0.1) is 5.60 Å². The molecule has 1 fully saturated rings. The predicted molar refractivity (Wildman–Crippen MR) is 73.3 cm³/mol. The summed E-state index contributed by atoms with van der Waals surface area (Å²) < 4.78 is 5.87. The van der Waals surface area contributed by atoms with Gasteiger partial charge in [-0.25, -0.2) is 0 Å². The summed E-state index contributed by atoms with van der Waals surface area (Å²) in [6.45, 7) is 7.65. The predicted octanol–water partition coefficient (Wildman–Crippen LogP) is 3.07. The zero-order valence-corrected chi connectivity index (χ0v) is 12.0. The van der Waals surface area contributed by atoms with Gasteiger partial charge in [-0.1, -0.05) is 13.8 Å². The Morgan fingerprint density at radius 2 is 2.25 bits per heavy atom. The zero-order chi connectivity index (χ0) is 12.0. The number of rotatable bonds is 6. The summed E-state index contributed by atoms with van der Waals surface area (Å²) in [6.07, 6.45) is 6.85. The standard InChI is InChI=1S/C13H27NOS/c1-5-11(10-16-4)14-12-7-8-15-13(3,6-2)9-12/h11-12,14H,5-10H2,1-4H3. The Morgan fingerprint density at radius 1 is 1.50 bits per heavy atom. The van der Waals surface area contributed by atoms with Crippen LogP contribution in [0.15, 0.2) is 0 Å². The van der Waals surface area contributed by atoms with Gasteiger partial charge in [-0.3, -0.25) is 0 Å². The van der Waals surface area contributed by atoms with E-state index in [1.165, 1.54) is 18.6 Å². The molecule has 0 aromatic carbocycles. The Bertz CT molecular complexity index is 200. The molecule has 0 amide bonds. The van der Waals surface area contributed by atoms with E-state index in [0.717, 1.165) is 19.4 Å². The van der Waals surface area contributed by atoms with Gasteiger partial charge >= 0.3 is 0 Å². The summed E-state index contributed by atoms with van der Waals surface area (Å²) in [5, 5.41) is 3.80. The molecule has 96 valence electrons. The molecule has 0 radical (unpaired) electrons. The highest BCUT2D eigenvalue weighted by atomic mass is 32.2. The van der Waals surface area contributed by atoms with Gasteiger partial charge < -0.3 is 10.1 Å². The first kappa shape index (κ1) is 14.3. The normalized spacial score (nSPS) is 32.6. The van der Waals surface area contributed by atoms with Gasteiger partial charge in [-0.05, 0) is 38.9 Å². The molecule has 1 N–H and O–H groups in total. The van der Waals surface area contributed by atoms with Gasteiger partial charge in [0.15, 0.2) is 0 Å². The van der Waals surface area contributed by atoms with Gasteiger partial charge in [-0.2, -0.15) is 11.8 Å². The first-order valence-electron chi connectivity index (χ1n) is 6.52. The SMILES string of the molecule is CCC(CSC)NC1CCOC(C)(CC)C1.